The van der Waals surface area contributed by atoms with Gasteiger partial charge in [-0.15, -0.1) is 0 Å². The molecule has 5 rings (SSSR count). The molecule has 0 unspecified atom stereocenters. The molecule has 2 heterocycles. The molecule has 6 heteroatoms. The summed E-state index contributed by atoms with van der Waals surface area (Å²) in [6, 6.07) is 25.8. The van der Waals surface area contributed by atoms with E-state index >= 15 is 0 Å². The second-order valence-electron chi connectivity index (χ2n) is 8.76. The normalized spacial score (nSPS) is 18.2. The van der Waals surface area contributed by atoms with Crippen molar-refractivity contribution in [1.29, 1.82) is 0 Å². The number of halogens is 1. The van der Waals surface area contributed by atoms with E-state index in [9.17, 15) is 19.4 Å². The number of aliphatic hydroxyl groups is 1. The van der Waals surface area contributed by atoms with E-state index in [2.05, 4.69) is 4.98 Å². The van der Waals surface area contributed by atoms with E-state index in [1.54, 1.807) is 41.4 Å². The number of phenolic OH excluding ortho intramolecular Hbond substituents is 1. The summed E-state index contributed by atoms with van der Waals surface area (Å²) in [6.45, 7) is 0. The number of benzene rings is 3. The van der Waals surface area contributed by atoms with Crippen LogP contribution in [0.3, 0.4) is 0 Å². The van der Waals surface area contributed by atoms with E-state index in [1.165, 1.54) is 12.1 Å². The molecule has 0 bridgehead atoms. The Morgan fingerprint density at radius 1 is 0.914 bits per heavy atom. The summed E-state index contributed by atoms with van der Waals surface area (Å²) in [7, 11) is 0. The summed E-state index contributed by atoms with van der Waals surface area (Å²) in [5.74, 6) is -0.504. The molecule has 5 nitrogen and oxygen atoms in total. The smallest absolute Gasteiger partial charge is 0.233 e. The van der Waals surface area contributed by atoms with Crippen LogP contribution in [0.15, 0.2) is 97.2 Å². The predicted molar refractivity (Wildman–Crippen MR) is 132 cm³/mol. The quantitative estimate of drug-likeness (QED) is 0.336. The zero-order chi connectivity index (χ0) is 24.4. The molecule has 176 valence electrons. The lowest BCUT2D eigenvalue weighted by atomic mass is 9.80. The van der Waals surface area contributed by atoms with Gasteiger partial charge in [-0.25, -0.2) is 4.39 Å². The van der Waals surface area contributed by atoms with Crippen molar-refractivity contribution in [3.63, 3.8) is 0 Å². The van der Waals surface area contributed by atoms with Gasteiger partial charge >= 0.3 is 0 Å². The van der Waals surface area contributed by atoms with Gasteiger partial charge in [-0.3, -0.25) is 9.78 Å². The summed E-state index contributed by atoms with van der Waals surface area (Å²) in [6.07, 6.45) is 1.82. The number of carbonyl (C=O) groups is 1. The third kappa shape index (κ3) is 4.66. The van der Waals surface area contributed by atoms with Crippen molar-refractivity contribution >= 4 is 11.6 Å². The Bertz CT molecular complexity index is 1310. The highest BCUT2D eigenvalue weighted by atomic mass is 19.1. The molecule has 1 saturated heterocycles. The van der Waals surface area contributed by atoms with Gasteiger partial charge in [0.2, 0.25) is 5.91 Å². The Balaban J connectivity index is 1.39. The van der Waals surface area contributed by atoms with Gasteiger partial charge in [-0.05, 0) is 66.4 Å². The van der Waals surface area contributed by atoms with Crippen LogP contribution in [0.4, 0.5) is 10.1 Å². The van der Waals surface area contributed by atoms with Gasteiger partial charge in [0.15, 0.2) is 0 Å². The molecule has 1 aromatic heterocycles. The number of para-hydroxylation sites is 1. The first-order valence-corrected chi connectivity index (χ1v) is 11.6. The van der Waals surface area contributed by atoms with Crippen molar-refractivity contribution in [3.8, 4) is 16.9 Å². The number of aromatic nitrogens is 1. The number of amides is 1. The SMILES string of the molecule is O=C1[C@H](CC[C@H](O)c2ccc(F)cc2)[C@@H](c2ccc(-c3cccc(O)c3)cn2)N1c1ccccc1. The maximum absolute atomic E-state index is 13.2. The second kappa shape index (κ2) is 9.68. The van der Waals surface area contributed by atoms with Gasteiger partial charge < -0.3 is 15.1 Å². The third-order valence-corrected chi connectivity index (χ3v) is 6.52. The molecule has 4 aromatic rings. The molecule has 0 radical (unpaired) electrons. The number of phenols is 1. The molecule has 1 fully saturated rings. The van der Waals surface area contributed by atoms with E-state index in [4.69, 9.17) is 0 Å². The average molecular weight is 469 g/mol. The summed E-state index contributed by atoms with van der Waals surface area (Å²) < 4.78 is 13.2. The van der Waals surface area contributed by atoms with Crippen LogP contribution in [-0.4, -0.2) is 21.1 Å². The summed E-state index contributed by atoms with van der Waals surface area (Å²) >= 11 is 0. The number of rotatable bonds is 7. The van der Waals surface area contributed by atoms with Crippen molar-refractivity contribution in [2.24, 2.45) is 5.92 Å². The van der Waals surface area contributed by atoms with Crippen LogP contribution in [-0.2, 0) is 4.79 Å². The minimum absolute atomic E-state index is 0.00800. The number of nitrogens with zero attached hydrogens (tertiary/aromatic N) is 2. The van der Waals surface area contributed by atoms with Crippen LogP contribution in [0, 0.1) is 11.7 Å². The lowest BCUT2D eigenvalue weighted by Gasteiger charge is -2.47. The van der Waals surface area contributed by atoms with Crippen molar-refractivity contribution in [2.45, 2.75) is 25.0 Å². The topological polar surface area (TPSA) is 73.7 Å². The molecule has 2 N–H and O–H groups in total. The summed E-state index contributed by atoms with van der Waals surface area (Å²) in [5, 5.41) is 20.4. The van der Waals surface area contributed by atoms with Gasteiger partial charge in [0, 0.05) is 17.4 Å². The van der Waals surface area contributed by atoms with E-state index in [0.29, 0.717) is 18.4 Å². The Hall–Kier alpha value is -4.03. The van der Waals surface area contributed by atoms with Gasteiger partial charge in [-0.1, -0.05) is 48.5 Å². The van der Waals surface area contributed by atoms with Crippen LogP contribution >= 0.6 is 0 Å². The molecule has 1 aliphatic heterocycles. The Kier molecular flexibility index (Phi) is 6.29. The highest BCUT2D eigenvalue weighted by Gasteiger charge is 2.49. The molecular formula is C29H25FN2O3. The van der Waals surface area contributed by atoms with E-state index in [0.717, 1.165) is 22.5 Å². The zero-order valence-corrected chi connectivity index (χ0v) is 19.0. The minimum atomic E-state index is -0.782. The van der Waals surface area contributed by atoms with Crippen molar-refractivity contribution in [1.82, 2.24) is 4.98 Å². The monoisotopic (exact) mass is 468 g/mol. The fourth-order valence-electron chi connectivity index (χ4n) is 4.67. The lowest BCUT2D eigenvalue weighted by molar-refractivity contribution is -0.131. The maximum Gasteiger partial charge on any atom is 0.233 e. The molecule has 0 spiro atoms. The Labute approximate surface area is 203 Å². The minimum Gasteiger partial charge on any atom is -0.508 e. The van der Waals surface area contributed by atoms with Crippen LogP contribution in [0.1, 0.15) is 36.2 Å². The third-order valence-electron chi connectivity index (χ3n) is 6.52. The predicted octanol–water partition coefficient (Wildman–Crippen LogP) is 5.81. The fraction of sp³-hybridized carbons (Fsp3) is 0.172. The number of carbonyl (C=O) groups excluding carboxylic acids is 1. The van der Waals surface area contributed by atoms with E-state index in [1.807, 2.05) is 48.5 Å². The first-order chi connectivity index (χ1) is 17.0. The molecule has 0 aliphatic carbocycles. The first kappa shape index (κ1) is 22.7. The molecule has 0 saturated carbocycles. The number of anilines is 1. The van der Waals surface area contributed by atoms with Crippen LogP contribution < -0.4 is 4.90 Å². The van der Waals surface area contributed by atoms with Crippen LogP contribution in [0.2, 0.25) is 0 Å². The van der Waals surface area contributed by atoms with Crippen LogP contribution in [0.5, 0.6) is 5.75 Å². The number of hydrogen-bond acceptors (Lipinski definition) is 4. The van der Waals surface area contributed by atoms with Gasteiger partial charge in [0.05, 0.1) is 23.8 Å². The van der Waals surface area contributed by atoms with E-state index < -0.39 is 6.10 Å². The standard InChI is InChI=1S/C29H25FN2O3/c30-22-12-9-19(10-13-22)27(34)16-14-25-28(32(29(25)35)23-6-2-1-3-7-23)26-15-11-21(18-31-26)20-5-4-8-24(33)17-20/h1-13,15,17-18,25,27-28,33-34H,14,16H2/t25-,27+,28+/m1/s1. The van der Waals surface area contributed by atoms with Gasteiger partial charge in [0.25, 0.3) is 0 Å². The Morgan fingerprint density at radius 2 is 1.69 bits per heavy atom. The molecule has 35 heavy (non-hydrogen) atoms. The molecular weight excluding hydrogens is 443 g/mol. The van der Waals surface area contributed by atoms with Gasteiger partial charge in [0.1, 0.15) is 11.6 Å². The number of β-lactam (4-membered cyclic amide) rings is 1. The van der Waals surface area contributed by atoms with Gasteiger partial charge in [-0.2, -0.15) is 0 Å². The fourth-order valence-corrected chi connectivity index (χ4v) is 4.67. The summed E-state index contributed by atoms with van der Waals surface area (Å²) in [5.41, 5.74) is 3.91. The lowest BCUT2D eigenvalue weighted by Crippen LogP contribution is -2.55. The number of pyridine rings is 1. The number of hydrogen-bond donors (Lipinski definition) is 2. The molecule has 1 amide bonds. The van der Waals surface area contributed by atoms with Crippen LogP contribution in [0.25, 0.3) is 11.1 Å². The molecule has 3 aromatic carbocycles. The zero-order valence-electron chi connectivity index (χ0n) is 19.0. The Morgan fingerprint density at radius 3 is 2.37 bits per heavy atom. The number of aliphatic hydroxyl groups excluding tert-OH is 1. The first-order valence-electron chi connectivity index (χ1n) is 11.6. The highest BCUT2D eigenvalue weighted by molar-refractivity contribution is 6.03. The maximum atomic E-state index is 13.2. The highest BCUT2D eigenvalue weighted by Crippen LogP contribution is 2.45. The molecule has 3 atom stereocenters. The summed E-state index contributed by atoms with van der Waals surface area (Å²) in [4.78, 5) is 19.6. The van der Waals surface area contributed by atoms with Crippen molar-refractivity contribution < 1.29 is 19.4 Å². The van der Waals surface area contributed by atoms with E-state index in [-0.39, 0.29) is 29.4 Å². The average Bonchev–Trinajstić information content (AvgIpc) is 2.88. The van der Waals surface area contributed by atoms with Crippen molar-refractivity contribution in [3.05, 3.63) is 114 Å². The number of aromatic hydroxyl groups is 1. The molecule has 1 aliphatic rings. The largest absolute Gasteiger partial charge is 0.508 e. The second-order valence-corrected chi connectivity index (χ2v) is 8.76. The van der Waals surface area contributed by atoms with Crippen molar-refractivity contribution in [2.75, 3.05) is 4.90 Å².